The Hall–Kier alpha value is -3.62. The lowest BCUT2D eigenvalue weighted by Crippen LogP contribution is -2.47. The number of carbonyl (C=O) groups is 3. The number of hydrogen-bond acceptors (Lipinski definition) is 6. The van der Waals surface area contributed by atoms with Crippen molar-refractivity contribution >= 4 is 39.7 Å². The summed E-state index contributed by atoms with van der Waals surface area (Å²) in [5.41, 5.74) is 2.27. The summed E-state index contributed by atoms with van der Waals surface area (Å²) in [4.78, 5) is 48.1. The Bertz CT molecular complexity index is 1290. The first-order valence-corrected chi connectivity index (χ1v) is 10.9. The van der Waals surface area contributed by atoms with Gasteiger partial charge in [0.1, 0.15) is 23.0 Å². The van der Waals surface area contributed by atoms with E-state index in [0.29, 0.717) is 29.6 Å². The molecule has 0 bridgehead atoms. The van der Waals surface area contributed by atoms with Crippen molar-refractivity contribution in [3.8, 4) is 0 Å². The maximum absolute atomic E-state index is 12.7. The molecule has 3 aromatic rings. The number of furan rings is 1. The van der Waals surface area contributed by atoms with E-state index in [4.69, 9.17) is 13.9 Å². The highest BCUT2D eigenvalue weighted by atomic mass is 16.4. The average molecular weight is 456 g/mol. The molecule has 2 heterocycles. The quantitative estimate of drug-likeness (QED) is 0.332. The Balaban J connectivity index is 1.77. The number of fused-ring (bicyclic) bond motifs is 2. The number of nitrogens with one attached hydrogen (secondary N) is 2. The molecule has 3 rings (SSSR count). The predicted octanol–water partition coefficient (Wildman–Crippen LogP) is 2.88. The number of aryl methyl sites for hydroxylation is 3. The van der Waals surface area contributed by atoms with Crippen molar-refractivity contribution in [3.63, 3.8) is 0 Å². The van der Waals surface area contributed by atoms with Gasteiger partial charge in [0.25, 0.3) is 0 Å². The van der Waals surface area contributed by atoms with Crippen molar-refractivity contribution in [3.05, 3.63) is 45.0 Å². The minimum absolute atomic E-state index is 0.0509. The molecule has 176 valence electrons. The van der Waals surface area contributed by atoms with Gasteiger partial charge in [-0.05, 0) is 50.8 Å². The van der Waals surface area contributed by atoms with Crippen LogP contribution in [0.1, 0.15) is 48.6 Å². The van der Waals surface area contributed by atoms with Gasteiger partial charge >= 0.3 is 11.6 Å². The lowest BCUT2D eigenvalue weighted by atomic mass is 10.0. The molecule has 0 unspecified atom stereocenters. The average Bonchev–Trinajstić information content (AvgIpc) is 3.03. The van der Waals surface area contributed by atoms with E-state index in [1.807, 2.05) is 19.9 Å². The van der Waals surface area contributed by atoms with Crippen LogP contribution >= 0.6 is 0 Å². The van der Waals surface area contributed by atoms with Crippen LogP contribution in [0.15, 0.2) is 25.8 Å². The molecule has 0 saturated carbocycles. The largest absolute Gasteiger partial charge is 0.481 e. The van der Waals surface area contributed by atoms with E-state index in [-0.39, 0.29) is 24.9 Å². The third kappa shape index (κ3) is 5.24. The minimum Gasteiger partial charge on any atom is -0.481 e. The Morgan fingerprint density at radius 1 is 1.03 bits per heavy atom. The number of carbonyl (C=O) groups excluding carboxylic acids is 2. The van der Waals surface area contributed by atoms with Crippen molar-refractivity contribution in [2.24, 2.45) is 0 Å². The second-order valence-corrected chi connectivity index (χ2v) is 8.11. The topological polar surface area (TPSA) is 139 Å². The zero-order valence-corrected chi connectivity index (χ0v) is 19.2. The SMILES string of the molecule is CC[C@@H](NC(=O)Cc1c(C)c2cc3c(C)c(C)oc3cc2oc1=O)C(=O)NCCCC(=O)O. The highest BCUT2D eigenvalue weighted by molar-refractivity contribution is 5.97. The molecule has 33 heavy (non-hydrogen) atoms. The van der Waals surface area contributed by atoms with Gasteiger partial charge in [-0.15, -0.1) is 0 Å². The van der Waals surface area contributed by atoms with Crippen LogP contribution in [0.25, 0.3) is 21.9 Å². The first-order chi connectivity index (χ1) is 15.6. The lowest BCUT2D eigenvalue weighted by molar-refractivity contribution is -0.137. The molecule has 3 N–H and O–H groups in total. The van der Waals surface area contributed by atoms with E-state index in [9.17, 15) is 19.2 Å². The summed E-state index contributed by atoms with van der Waals surface area (Å²) in [6.07, 6.45) is 0.365. The van der Waals surface area contributed by atoms with Crippen molar-refractivity contribution in [2.75, 3.05) is 6.54 Å². The molecular weight excluding hydrogens is 428 g/mol. The van der Waals surface area contributed by atoms with Gasteiger partial charge in [-0.3, -0.25) is 14.4 Å². The van der Waals surface area contributed by atoms with Crippen molar-refractivity contribution in [1.82, 2.24) is 10.6 Å². The normalized spacial score (nSPS) is 12.1. The van der Waals surface area contributed by atoms with E-state index >= 15 is 0 Å². The van der Waals surface area contributed by atoms with Crippen LogP contribution in [0, 0.1) is 20.8 Å². The molecule has 0 aliphatic rings. The van der Waals surface area contributed by atoms with Crippen molar-refractivity contribution < 1.29 is 28.3 Å². The molecule has 2 aromatic heterocycles. The summed E-state index contributed by atoms with van der Waals surface area (Å²) in [7, 11) is 0. The summed E-state index contributed by atoms with van der Waals surface area (Å²) in [5.74, 6) is -1.03. The second kappa shape index (κ2) is 9.89. The number of carboxylic acids is 1. The van der Waals surface area contributed by atoms with Gasteiger partial charge in [0.05, 0.1) is 12.0 Å². The highest BCUT2D eigenvalue weighted by Crippen LogP contribution is 2.31. The van der Waals surface area contributed by atoms with Gasteiger partial charge in [0, 0.05) is 29.8 Å². The van der Waals surface area contributed by atoms with Gasteiger partial charge in [0.15, 0.2) is 0 Å². The summed E-state index contributed by atoms with van der Waals surface area (Å²) >= 11 is 0. The van der Waals surface area contributed by atoms with Crippen LogP contribution in [0.2, 0.25) is 0 Å². The maximum atomic E-state index is 12.7. The van der Waals surface area contributed by atoms with Crippen molar-refractivity contribution in [2.45, 2.75) is 59.4 Å². The second-order valence-electron chi connectivity index (χ2n) is 8.11. The lowest BCUT2D eigenvalue weighted by Gasteiger charge is -2.17. The van der Waals surface area contributed by atoms with E-state index < -0.39 is 29.5 Å². The molecule has 1 atom stereocenters. The summed E-state index contributed by atoms with van der Waals surface area (Å²) < 4.78 is 11.2. The number of hydrogen-bond donors (Lipinski definition) is 3. The van der Waals surface area contributed by atoms with Gasteiger partial charge < -0.3 is 24.6 Å². The molecule has 1 aromatic carbocycles. The third-order valence-electron chi connectivity index (χ3n) is 5.85. The van der Waals surface area contributed by atoms with E-state index in [2.05, 4.69) is 10.6 Å². The first kappa shape index (κ1) is 24.0. The molecule has 9 heteroatoms. The van der Waals surface area contributed by atoms with Crippen LogP contribution < -0.4 is 16.3 Å². The number of benzene rings is 1. The van der Waals surface area contributed by atoms with Crippen LogP contribution in [-0.2, 0) is 20.8 Å². The zero-order valence-electron chi connectivity index (χ0n) is 19.2. The summed E-state index contributed by atoms with van der Waals surface area (Å²) in [6, 6.07) is 2.80. The van der Waals surface area contributed by atoms with Crippen LogP contribution in [0.3, 0.4) is 0 Å². The maximum Gasteiger partial charge on any atom is 0.340 e. The number of amides is 2. The standard InChI is InChI=1S/C24H28N2O7/c1-5-18(23(30)25-8-6-7-22(28)29)26-21(27)10-17-13(3)16-9-15-12(2)14(4)32-19(15)11-20(16)33-24(17)31/h9,11,18H,5-8,10H2,1-4H3,(H,25,30)(H,26,27)(H,28,29)/t18-/m1/s1. The van der Waals surface area contributed by atoms with Gasteiger partial charge in [-0.2, -0.15) is 0 Å². The molecule has 0 aliphatic heterocycles. The summed E-state index contributed by atoms with van der Waals surface area (Å²) in [5, 5.41) is 15.6. The number of aliphatic carboxylic acids is 1. The zero-order chi connectivity index (χ0) is 24.3. The van der Waals surface area contributed by atoms with Gasteiger partial charge in [0.2, 0.25) is 11.8 Å². The molecule has 0 radical (unpaired) electrons. The Morgan fingerprint density at radius 3 is 2.36 bits per heavy atom. The monoisotopic (exact) mass is 456 g/mol. The number of rotatable bonds is 9. The molecule has 0 saturated heterocycles. The van der Waals surface area contributed by atoms with E-state index in [0.717, 1.165) is 22.1 Å². The number of carboxylic acid groups (broad SMARTS) is 1. The molecule has 9 nitrogen and oxygen atoms in total. The van der Waals surface area contributed by atoms with Crippen LogP contribution in [0.4, 0.5) is 0 Å². The van der Waals surface area contributed by atoms with Gasteiger partial charge in [-0.1, -0.05) is 6.92 Å². The first-order valence-electron chi connectivity index (χ1n) is 10.9. The predicted molar refractivity (Wildman–Crippen MR) is 122 cm³/mol. The third-order valence-corrected chi connectivity index (χ3v) is 5.85. The van der Waals surface area contributed by atoms with E-state index in [1.165, 1.54) is 0 Å². The Kier molecular flexibility index (Phi) is 7.20. The Labute approximate surface area is 190 Å². The molecule has 0 fully saturated rings. The van der Waals surface area contributed by atoms with E-state index in [1.54, 1.807) is 19.9 Å². The van der Waals surface area contributed by atoms with Gasteiger partial charge in [-0.25, -0.2) is 4.79 Å². The van der Waals surface area contributed by atoms with Crippen molar-refractivity contribution in [1.29, 1.82) is 0 Å². The molecule has 0 aliphatic carbocycles. The smallest absolute Gasteiger partial charge is 0.340 e. The molecule has 2 amide bonds. The minimum atomic E-state index is -0.937. The molecule has 0 spiro atoms. The molecular formula is C24H28N2O7. The summed E-state index contributed by atoms with van der Waals surface area (Å²) in [6.45, 7) is 7.53. The fraction of sp³-hybridized carbons (Fsp3) is 0.417. The van der Waals surface area contributed by atoms with Crippen LogP contribution in [-0.4, -0.2) is 35.5 Å². The highest BCUT2D eigenvalue weighted by Gasteiger charge is 2.22. The fourth-order valence-corrected chi connectivity index (χ4v) is 3.76. The Morgan fingerprint density at radius 2 is 1.70 bits per heavy atom. The van der Waals surface area contributed by atoms with Crippen LogP contribution in [0.5, 0.6) is 0 Å². The fourth-order valence-electron chi connectivity index (χ4n) is 3.76.